The summed E-state index contributed by atoms with van der Waals surface area (Å²) in [6, 6.07) is 6.95. The lowest BCUT2D eigenvalue weighted by Gasteiger charge is -2.25. The van der Waals surface area contributed by atoms with Crippen LogP contribution in [0.2, 0.25) is 0 Å². The number of anilines is 1. The van der Waals surface area contributed by atoms with Gasteiger partial charge in [-0.25, -0.2) is 0 Å². The highest BCUT2D eigenvalue weighted by Gasteiger charge is 2.29. The Morgan fingerprint density at radius 1 is 1.11 bits per heavy atom. The van der Waals surface area contributed by atoms with Gasteiger partial charge in [0.05, 0.1) is 5.92 Å². The third-order valence-electron chi connectivity index (χ3n) is 5.03. The van der Waals surface area contributed by atoms with E-state index in [9.17, 15) is 14.4 Å². The highest BCUT2D eigenvalue weighted by atomic mass is 16.5. The summed E-state index contributed by atoms with van der Waals surface area (Å²) < 4.78 is 5.55. The zero-order valence-electron chi connectivity index (χ0n) is 15.9. The summed E-state index contributed by atoms with van der Waals surface area (Å²) in [4.78, 5) is 37.1. The summed E-state index contributed by atoms with van der Waals surface area (Å²) in [5, 5.41) is 11.9. The first-order valence-electron chi connectivity index (χ1n) is 9.48. The van der Waals surface area contributed by atoms with Crippen LogP contribution >= 0.6 is 0 Å². The molecule has 0 atom stereocenters. The summed E-state index contributed by atoms with van der Waals surface area (Å²) in [5.74, 6) is -0.954. The maximum absolute atomic E-state index is 12.4. The molecule has 1 fully saturated rings. The van der Waals surface area contributed by atoms with Gasteiger partial charge in [-0.3, -0.25) is 14.4 Å². The number of likely N-dealkylation sites (N-methyl/N-ethyl adjacent to an activating group) is 1. The Kier molecular flexibility index (Phi) is 7.64. The molecule has 0 aromatic heterocycles. The second kappa shape index (κ2) is 9.94. The lowest BCUT2D eigenvalue weighted by Crippen LogP contribution is -2.34. The van der Waals surface area contributed by atoms with Crippen molar-refractivity contribution in [2.45, 2.75) is 39.5 Å². The van der Waals surface area contributed by atoms with Gasteiger partial charge in [-0.1, -0.05) is 6.07 Å². The number of amides is 2. The Balaban J connectivity index is 1.87. The number of ether oxygens (including phenoxy) is 1. The molecule has 1 aliphatic carbocycles. The van der Waals surface area contributed by atoms with Crippen LogP contribution in [0.25, 0.3) is 0 Å². The quantitative estimate of drug-likeness (QED) is 0.727. The number of carboxylic acids is 1. The molecular formula is C20H28N2O5. The van der Waals surface area contributed by atoms with Crippen LogP contribution in [-0.2, 0) is 14.4 Å². The van der Waals surface area contributed by atoms with Crippen LogP contribution in [0, 0.1) is 11.8 Å². The molecule has 7 heteroatoms. The fourth-order valence-corrected chi connectivity index (χ4v) is 3.32. The van der Waals surface area contributed by atoms with Crippen molar-refractivity contribution in [3.63, 3.8) is 0 Å². The smallest absolute Gasteiger partial charge is 0.306 e. The number of carbonyl (C=O) groups is 3. The molecule has 2 amide bonds. The number of aliphatic carboxylic acids is 1. The molecule has 0 bridgehead atoms. The largest absolute Gasteiger partial charge is 0.484 e. The first-order valence-corrected chi connectivity index (χ1v) is 9.48. The molecule has 1 saturated carbocycles. The molecular weight excluding hydrogens is 348 g/mol. The van der Waals surface area contributed by atoms with Crippen molar-refractivity contribution in [3.8, 4) is 5.75 Å². The van der Waals surface area contributed by atoms with Crippen molar-refractivity contribution >= 4 is 23.5 Å². The molecule has 27 heavy (non-hydrogen) atoms. The number of carbonyl (C=O) groups excluding carboxylic acids is 2. The number of rotatable bonds is 8. The van der Waals surface area contributed by atoms with Crippen LogP contribution in [0.15, 0.2) is 24.3 Å². The van der Waals surface area contributed by atoms with Crippen LogP contribution in [-0.4, -0.2) is 47.5 Å². The van der Waals surface area contributed by atoms with Crippen molar-refractivity contribution in [2.24, 2.45) is 11.8 Å². The van der Waals surface area contributed by atoms with E-state index in [1.807, 2.05) is 13.8 Å². The van der Waals surface area contributed by atoms with Crippen molar-refractivity contribution in [2.75, 3.05) is 25.0 Å². The highest BCUT2D eigenvalue weighted by molar-refractivity contribution is 5.92. The Hall–Kier alpha value is -2.57. The molecule has 2 N–H and O–H groups in total. The van der Waals surface area contributed by atoms with Crippen molar-refractivity contribution < 1.29 is 24.2 Å². The minimum atomic E-state index is -0.780. The average Bonchev–Trinajstić information content (AvgIpc) is 2.67. The lowest BCUT2D eigenvalue weighted by molar-refractivity contribution is -0.143. The molecule has 0 spiro atoms. The molecule has 0 radical (unpaired) electrons. The molecule has 7 nitrogen and oxygen atoms in total. The van der Waals surface area contributed by atoms with Crippen LogP contribution < -0.4 is 10.1 Å². The second-order valence-corrected chi connectivity index (χ2v) is 6.76. The predicted molar refractivity (Wildman–Crippen MR) is 102 cm³/mol. The van der Waals surface area contributed by atoms with Gasteiger partial charge >= 0.3 is 5.97 Å². The standard InChI is InChI=1S/C20H28N2O5/c1-3-22(4-2)18(23)13-27-17-7-5-6-16(12-17)21-19(24)14-8-10-15(11-9-14)20(25)26/h5-7,12,14-15H,3-4,8-11,13H2,1-2H3,(H,21,24)(H,25,26). The second-order valence-electron chi connectivity index (χ2n) is 6.76. The molecule has 0 unspecified atom stereocenters. The lowest BCUT2D eigenvalue weighted by atomic mass is 9.81. The van der Waals surface area contributed by atoms with E-state index in [0.29, 0.717) is 50.2 Å². The zero-order valence-corrected chi connectivity index (χ0v) is 15.9. The summed E-state index contributed by atoms with van der Waals surface area (Å²) >= 11 is 0. The van der Waals surface area contributed by atoms with Crippen molar-refractivity contribution in [3.05, 3.63) is 24.3 Å². The summed E-state index contributed by atoms with van der Waals surface area (Å²) in [6.07, 6.45) is 2.23. The Morgan fingerprint density at radius 2 is 1.74 bits per heavy atom. The highest BCUT2D eigenvalue weighted by Crippen LogP contribution is 2.30. The monoisotopic (exact) mass is 376 g/mol. The fraction of sp³-hybridized carbons (Fsp3) is 0.550. The van der Waals surface area contributed by atoms with Crippen LogP contribution in [0.5, 0.6) is 5.75 Å². The normalized spacial score (nSPS) is 19.2. The van der Waals surface area contributed by atoms with E-state index in [0.717, 1.165) is 0 Å². The van der Waals surface area contributed by atoms with Gasteiger partial charge in [0.15, 0.2) is 6.61 Å². The number of hydrogen-bond acceptors (Lipinski definition) is 4. The number of carboxylic acid groups (broad SMARTS) is 1. The van der Waals surface area contributed by atoms with Gasteiger partial charge in [0.1, 0.15) is 5.75 Å². The van der Waals surface area contributed by atoms with Gasteiger partial charge in [0.2, 0.25) is 5.91 Å². The molecule has 2 rings (SSSR count). The first-order chi connectivity index (χ1) is 12.9. The van der Waals surface area contributed by atoms with E-state index < -0.39 is 5.97 Å². The van der Waals surface area contributed by atoms with Crippen molar-refractivity contribution in [1.82, 2.24) is 4.90 Å². The average molecular weight is 376 g/mol. The maximum atomic E-state index is 12.4. The van der Waals surface area contributed by atoms with Crippen LogP contribution in [0.3, 0.4) is 0 Å². The molecule has 1 aliphatic rings. The minimum absolute atomic E-state index is 0.0434. The predicted octanol–water partition coefficient (Wildman–Crippen LogP) is 2.76. The van der Waals surface area contributed by atoms with Gasteiger partial charge in [0.25, 0.3) is 5.91 Å². The Labute approximate surface area is 159 Å². The molecule has 148 valence electrons. The van der Waals surface area contributed by atoms with E-state index in [-0.39, 0.29) is 30.3 Å². The first kappa shape index (κ1) is 20.7. The molecule has 0 heterocycles. The van der Waals surface area contributed by atoms with E-state index in [4.69, 9.17) is 9.84 Å². The minimum Gasteiger partial charge on any atom is -0.484 e. The molecule has 1 aromatic carbocycles. The zero-order chi connectivity index (χ0) is 19.8. The van der Waals surface area contributed by atoms with E-state index in [1.165, 1.54) is 0 Å². The number of hydrogen-bond donors (Lipinski definition) is 2. The molecule has 1 aromatic rings. The molecule has 0 aliphatic heterocycles. The van der Waals surface area contributed by atoms with Gasteiger partial charge in [-0.2, -0.15) is 0 Å². The van der Waals surface area contributed by atoms with Gasteiger partial charge < -0.3 is 20.1 Å². The van der Waals surface area contributed by atoms with Gasteiger partial charge in [-0.05, 0) is 51.7 Å². The van der Waals surface area contributed by atoms with E-state index in [1.54, 1.807) is 29.2 Å². The van der Waals surface area contributed by atoms with Gasteiger partial charge in [-0.15, -0.1) is 0 Å². The summed E-state index contributed by atoms with van der Waals surface area (Å²) in [5.41, 5.74) is 0.605. The maximum Gasteiger partial charge on any atom is 0.306 e. The topological polar surface area (TPSA) is 95.9 Å². The van der Waals surface area contributed by atoms with Crippen LogP contribution in [0.1, 0.15) is 39.5 Å². The van der Waals surface area contributed by atoms with E-state index >= 15 is 0 Å². The van der Waals surface area contributed by atoms with Crippen molar-refractivity contribution in [1.29, 1.82) is 0 Å². The number of nitrogens with one attached hydrogen (secondary N) is 1. The molecule has 0 saturated heterocycles. The Bertz CT molecular complexity index is 664. The number of nitrogens with zero attached hydrogens (tertiary/aromatic N) is 1. The summed E-state index contributed by atoms with van der Waals surface area (Å²) in [6.45, 7) is 5.07. The Morgan fingerprint density at radius 3 is 2.33 bits per heavy atom. The third kappa shape index (κ3) is 5.98. The fourth-order valence-electron chi connectivity index (χ4n) is 3.32. The van der Waals surface area contributed by atoms with Gasteiger partial charge in [0, 0.05) is 30.8 Å². The number of benzene rings is 1. The SMILES string of the molecule is CCN(CC)C(=O)COc1cccc(NC(=O)C2CCC(C(=O)O)CC2)c1. The van der Waals surface area contributed by atoms with Crippen LogP contribution in [0.4, 0.5) is 5.69 Å². The summed E-state index contributed by atoms with van der Waals surface area (Å²) in [7, 11) is 0. The third-order valence-corrected chi connectivity index (χ3v) is 5.03. The van der Waals surface area contributed by atoms with E-state index in [2.05, 4.69) is 5.32 Å².